The lowest BCUT2D eigenvalue weighted by Crippen LogP contribution is -2.44. The molecule has 35 heavy (non-hydrogen) atoms. The van der Waals surface area contributed by atoms with Crippen molar-refractivity contribution >= 4 is 33.4 Å². The van der Waals surface area contributed by atoms with Gasteiger partial charge in [-0.05, 0) is 48.0 Å². The van der Waals surface area contributed by atoms with E-state index in [4.69, 9.17) is 21.6 Å². The van der Waals surface area contributed by atoms with E-state index in [0.29, 0.717) is 11.3 Å². The van der Waals surface area contributed by atoms with Gasteiger partial charge in [-0.25, -0.2) is 8.42 Å². The number of nitrogens with one attached hydrogen (secondary N) is 2. The molecule has 0 atom stereocenters. The van der Waals surface area contributed by atoms with Gasteiger partial charge in [0.15, 0.2) is 6.61 Å². The second-order valence-electron chi connectivity index (χ2n) is 7.32. The maximum atomic E-state index is 13.0. The summed E-state index contributed by atoms with van der Waals surface area (Å²) >= 11 is 6.10. The number of hydrogen-bond acceptors (Lipinski definition) is 6. The number of carbonyl (C=O) groups is 2. The molecule has 0 aliphatic carbocycles. The molecule has 180 valence electrons. The molecule has 0 saturated carbocycles. The number of carbonyl (C=O) groups excluding carboxylic acids is 2. The molecule has 3 aromatic carbocycles. The van der Waals surface area contributed by atoms with Gasteiger partial charge >= 0.3 is 0 Å². The Labute approximate surface area is 207 Å². The first kappa shape index (κ1) is 25.7. The van der Waals surface area contributed by atoms with Gasteiger partial charge in [0.1, 0.15) is 5.75 Å². The van der Waals surface area contributed by atoms with Crippen LogP contribution < -0.4 is 15.6 Å². The number of hydrazine groups is 1. The van der Waals surface area contributed by atoms with E-state index in [0.717, 1.165) is 15.9 Å². The topological polar surface area (TPSA) is 129 Å². The minimum Gasteiger partial charge on any atom is -0.484 e. The fourth-order valence-electron chi connectivity index (χ4n) is 2.95. The second kappa shape index (κ2) is 11.5. The zero-order valence-corrected chi connectivity index (χ0v) is 20.1. The summed E-state index contributed by atoms with van der Waals surface area (Å²) in [5.74, 6) is -1.10. The van der Waals surface area contributed by atoms with Crippen molar-refractivity contribution in [2.75, 3.05) is 13.7 Å². The first-order valence-corrected chi connectivity index (χ1v) is 12.0. The van der Waals surface area contributed by atoms with Crippen LogP contribution in [0.5, 0.6) is 5.75 Å². The zero-order valence-electron chi connectivity index (χ0n) is 18.6. The smallest absolute Gasteiger partial charge is 0.276 e. The van der Waals surface area contributed by atoms with E-state index in [-0.39, 0.29) is 22.0 Å². The van der Waals surface area contributed by atoms with Crippen molar-refractivity contribution < 1.29 is 22.7 Å². The van der Waals surface area contributed by atoms with Gasteiger partial charge in [-0.15, -0.1) is 0 Å². The molecule has 3 aromatic rings. The summed E-state index contributed by atoms with van der Waals surface area (Å²) in [6.45, 7) is -0.263. The number of amides is 2. The Morgan fingerprint density at radius 1 is 1.03 bits per heavy atom. The highest BCUT2D eigenvalue weighted by Crippen LogP contribution is 2.23. The average molecular weight is 513 g/mol. The van der Waals surface area contributed by atoms with Crippen LogP contribution in [0.1, 0.15) is 21.5 Å². The Hall–Kier alpha value is -3.91. The average Bonchev–Trinajstić information content (AvgIpc) is 2.87. The number of sulfonamides is 1. The highest BCUT2D eigenvalue weighted by Gasteiger charge is 2.23. The lowest BCUT2D eigenvalue weighted by molar-refractivity contribution is -0.123. The number of halogens is 1. The van der Waals surface area contributed by atoms with Crippen molar-refractivity contribution in [2.24, 2.45) is 0 Å². The SMILES string of the molecule is CN(Cc1ccccc1)S(=O)(=O)c1ccc(Cl)c(C(=O)NNC(=O)COc2ccc(C#N)cc2)c1. The Kier molecular flexibility index (Phi) is 8.43. The molecule has 11 heteroatoms. The number of nitrogens with zero attached hydrogens (tertiary/aromatic N) is 2. The lowest BCUT2D eigenvalue weighted by Gasteiger charge is -2.18. The number of ether oxygens (including phenoxy) is 1. The molecule has 0 heterocycles. The third kappa shape index (κ3) is 6.80. The van der Waals surface area contributed by atoms with Crippen molar-refractivity contribution in [3.63, 3.8) is 0 Å². The summed E-state index contributed by atoms with van der Waals surface area (Å²) in [5.41, 5.74) is 5.49. The van der Waals surface area contributed by atoms with E-state index in [1.54, 1.807) is 12.1 Å². The Morgan fingerprint density at radius 3 is 2.37 bits per heavy atom. The number of hydrogen-bond donors (Lipinski definition) is 2. The summed E-state index contributed by atoms with van der Waals surface area (Å²) in [7, 11) is -2.48. The van der Waals surface area contributed by atoms with Gasteiger partial charge in [-0.1, -0.05) is 41.9 Å². The van der Waals surface area contributed by atoms with Gasteiger partial charge in [-0.2, -0.15) is 9.57 Å². The molecule has 0 bridgehead atoms. The largest absolute Gasteiger partial charge is 0.484 e. The van der Waals surface area contributed by atoms with E-state index < -0.39 is 28.4 Å². The third-order valence-electron chi connectivity index (χ3n) is 4.81. The van der Waals surface area contributed by atoms with Gasteiger partial charge < -0.3 is 4.74 Å². The standard InChI is InChI=1S/C24H21ClN4O5S/c1-29(15-18-5-3-2-4-6-18)35(32,33)20-11-12-22(25)21(13-20)24(31)28-27-23(30)16-34-19-9-7-17(14-26)8-10-19/h2-13H,15-16H2,1H3,(H,27,30)(H,28,31). The Balaban J connectivity index is 1.62. The minimum absolute atomic E-state index is 0.00949. The highest BCUT2D eigenvalue weighted by atomic mass is 35.5. The van der Waals surface area contributed by atoms with E-state index in [2.05, 4.69) is 10.9 Å². The van der Waals surface area contributed by atoms with Gasteiger partial charge in [0.2, 0.25) is 10.0 Å². The fourth-order valence-corrected chi connectivity index (χ4v) is 4.34. The molecule has 0 saturated heterocycles. The van der Waals surface area contributed by atoms with E-state index in [1.165, 1.54) is 43.4 Å². The molecular weight excluding hydrogens is 492 g/mol. The van der Waals surface area contributed by atoms with E-state index in [1.807, 2.05) is 24.3 Å². The third-order valence-corrected chi connectivity index (χ3v) is 6.94. The number of benzene rings is 3. The van der Waals surface area contributed by atoms with Crippen LogP contribution in [0.4, 0.5) is 0 Å². The van der Waals surface area contributed by atoms with Gasteiger partial charge in [-0.3, -0.25) is 20.4 Å². The quantitative estimate of drug-likeness (QED) is 0.446. The molecule has 0 unspecified atom stereocenters. The second-order valence-corrected chi connectivity index (χ2v) is 9.77. The summed E-state index contributed by atoms with van der Waals surface area (Å²) in [4.78, 5) is 24.5. The van der Waals surface area contributed by atoms with E-state index >= 15 is 0 Å². The Bertz CT molecular complexity index is 1360. The number of nitriles is 1. The molecule has 0 aliphatic heterocycles. The van der Waals surface area contributed by atoms with Crippen LogP contribution in [0.15, 0.2) is 77.7 Å². The van der Waals surface area contributed by atoms with E-state index in [9.17, 15) is 18.0 Å². The molecule has 0 fully saturated rings. The van der Waals surface area contributed by atoms with Crippen LogP contribution in [-0.2, 0) is 21.4 Å². The summed E-state index contributed by atoms with van der Waals surface area (Å²) in [6, 6.07) is 20.9. The molecule has 0 aromatic heterocycles. The number of rotatable bonds is 8. The summed E-state index contributed by atoms with van der Waals surface area (Å²) in [6.07, 6.45) is 0. The normalized spacial score (nSPS) is 10.9. The molecule has 2 N–H and O–H groups in total. The molecule has 3 rings (SSSR count). The van der Waals surface area contributed by atoms with Crippen molar-refractivity contribution in [1.29, 1.82) is 5.26 Å². The first-order chi connectivity index (χ1) is 16.7. The van der Waals surface area contributed by atoms with Crippen LogP contribution in [0.3, 0.4) is 0 Å². The molecule has 9 nitrogen and oxygen atoms in total. The van der Waals surface area contributed by atoms with Crippen molar-refractivity contribution in [3.05, 3.63) is 94.5 Å². The van der Waals surface area contributed by atoms with Crippen LogP contribution in [0, 0.1) is 11.3 Å². The minimum atomic E-state index is -3.92. The van der Waals surface area contributed by atoms with Crippen LogP contribution in [0.2, 0.25) is 5.02 Å². The lowest BCUT2D eigenvalue weighted by atomic mass is 10.2. The van der Waals surface area contributed by atoms with Crippen LogP contribution >= 0.6 is 11.6 Å². The molecule has 0 aliphatic rings. The monoisotopic (exact) mass is 512 g/mol. The van der Waals surface area contributed by atoms with Crippen molar-refractivity contribution in [1.82, 2.24) is 15.2 Å². The summed E-state index contributed by atoms with van der Waals surface area (Å²) < 4.78 is 32.4. The molecule has 0 radical (unpaired) electrons. The maximum absolute atomic E-state index is 13.0. The van der Waals surface area contributed by atoms with Gasteiger partial charge in [0.25, 0.3) is 11.8 Å². The Morgan fingerprint density at radius 2 is 1.71 bits per heavy atom. The predicted molar refractivity (Wildman–Crippen MR) is 129 cm³/mol. The molecule has 0 spiro atoms. The van der Waals surface area contributed by atoms with Gasteiger partial charge in [0.05, 0.1) is 27.1 Å². The molecular formula is C24H21ClN4O5S. The molecule has 2 amide bonds. The van der Waals surface area contributed by atoms with Crippen molar-refractivity contribution in [3.8, 4) is 11.8 Å². The zero-order chi connectivity index (χ0) is 25.4. The van der Waals surface area contributed by atoms with Crippen LogP contribution in [-0.4, -0.2) is 38.2 Å². The maximum Gasteiger partial charge on any atom is 0.276 e. The van der Waals surface area contributed by atoms with Crippen molar-refractivity contribution in [2.45, 2.75) is 11.4 Å². The fraction of sp³-hybridized carbons (Fsp3) is 0.125. The highest BCUT2D eigenvalue weighted by molar-refractivity contribution is 7.89. The predicted octanol–water partition coefficient (Wildman–Crippen LogP) is 2.87. The first-order valence-electron chi connectivity index (χ1n) is 10.2. The summed E-state index contributed by atoms with van der Waals surface area (Å²) in [5, 5.41) is 8.80. The van der Waals surface area contributed by atoms with Gasteiger partial charge in [0, 0.05) is 13.6 Å². The van der Waals surface area contributed by atoms with Crippen LogP contribution in [0.25, 0.3) is 0 Å².